The summed E-state index contributed by atoms with van der Waals surface area (Å²) in [6, 6.07) is 3.50. The molecular formula is C13H10ClN3O5S. The number of hydrogen-bond acceptors (Lipinski definition) is 7. The number of esters is 1. The Morgan fingerprint density at radius 1 is 1.48 bits per heavy atom. The number of carbonyl (C=O) groups is 2. The van der Waals surface area contributed by atoms with E-state index in [0.29, 0.717) is 0 Å². The third-order valence-electron chi connectivity index (χ3n) is 2.62. The van der Waals surface area contributed by atoms with E-state index in [2.05, 4.69) is 10.3 Å². The predicted molar refractivity (Wildman–Crippen MR) is 84.1 cm³/mol. The van der Waals surface area contributed by atoms with Crippen molar-refractivity contribution in [3.63, 3.8) is 0 Å². The van der Waals surface area contributed by atoms with Gasteiger partial charge in [-0.15, -0.1) is 11.3 Å². The summed E-state index contributed by atoms with van der Waals surface area (Å²) in [5.41, 5.74) is -0.0718. The molecule has 0 bridgehead atoms. The van der Waals surface area contributed by atoms with Crippen molar-refractivity contribution in [1.29, 1.82) is 0 Å². The van der Waals surface area contributed by atoms with Crippen molar-refractivity contribution >= 4 is 45.6 Å². The summed E-state index contributed by atoms with van der Waals surface area (Å²) in [7, 11) is 0. The maximum Gasteiger partial charge on any atom is 0.357 e. The molecule has 8 nitrogen and oxygen atoms in total. The summed E-state index contributed by atoms with van der Waals surface area (Å²) < 4.78 is 4.79. The van der Waals surface area contributed by atoms with Gasteiger partial charge in [-0.05, 0) is 13.0 Å². The van der Waals surface area contributed by atoms with Crippen LogP contribution in [-0.2, 0) is 4.74 Å². The number of benzene rings is 1. The highest BCUT2D eigenvalue weighted by molar-refractivity contribution is 7.14. The lowest BCUT2D eigenvalue weighted by Crippen LogP contribution is -2.13. The second-order valence-electron chi connectivity index (χ2n) is 4.13. The third-order valence-corrected chi connectivity index (χ3v) is 3.69. The van der Waals surface area contributed by atoms with E-state index in [1.165, 1.54) is 17.5 Å². The number of non-ortho nitro benzene ring substituents is 1. The number of halogens is 1. The number of nitro benzene ring substituents is 1. The molecule has 0 saturated carbocycles. The standard InChI is InChI=1S/C13H10ClN3O5S/c1-2-22-12(19)10-6-23-13(15-10)16-11(18)8-4-3-7(17(20)21)5-9(8)14/h3-6H,2H2,1H3,(H,15,16,18). The first-order chi connectivity index (χ1) is 10.9. The zero-order valence-electron chi connectivity index (χ0n) is 11.7. The molecule has 0 fully saturated rings. The summed E-state index contributed by atoms with van der Waals surface area (Å²) in [5.74, 6) is -1.17. The number of ether oxygens (including phenoxy) is 1. The Bertz CT molecular complexity index is 777. The monoisotopic (exact) mass is 355 g/mol. The SMILES string of the molecule is CCOC(=O)c1csc(NC(=O)c2ccc([N+](=O)[O-])cc2Cl)n1. The van der Waals surface area contributed by atoms with Crippen LogP contribution in [-0.4, -0.2) is 28.4 Å². The molecule has 0 aliphatic carbocycles. The number of nitrogens with zero attached hydrogens (tertiary/aromatic N) is 2. The van der Waals surface area contributed by atoms with Gasteiger partial charge in [-0.1, -0.05) is 11.6 Å². The number of aromatic nitrogens is 1. The van der Waals surface area contributed by atoms with Crippen LogP contribution in [0.2, 0.25) is 5.02 Å². The number of anilines is 1. The van der Waals surface area contributed by atoms with Gasteiger partial charge in [0.1, 0.15) is 0 Å². The van der Waals surface area contributed by atoms with Crippen molar-refractivity contribution in [3.8, 4) is 0 Å². The van der Waals surface area contributed by atoms with Crippen molar-refractivity contribution in [1.82, 2.24) is 4.98 Å². The molecule has 1 aromatic carbocycles. The summed E-state index contributed by atoms with van der Waals surface area (Å²) >= 11 is 6.92. The van der Waals surface area contributed by atoms with Crippen LogP contribution in [0.1, 0.15) is 27.8 Å². The van der Waals surface area contributed by atoms with Crippen molar-refractivity contribution in [2.45, 2.75) is 6.92 Å². The van der Waals surface area contributed by atoms with Crippen LogP contribution in [0.25, 0.3) is 0 Å². The van der Waals surface area contributed by atoms with Crippen LogP contribution in [0, 0.1) is 10.1 Å². The summed E-state index contributed by atoms with van der Waals surface area (Å²) in [4.78, 5) is 37.6. The molecule has 0 unspecified atom stereocenters. The van der Waals surface area contributed by atoms with Crippen LogP contribution in [0.3, 0.4) is 0 Å². The Hall–Kier alpha value is -2.52. The molecule has 0 saturated heterocycles. The van der Waals surface area contributed by atoms with Gasteiger partial charge >= 0.3 is 5.97 Å². The molecule has 120 valence electrons. The van der Waals surface area contributed by atoms with Gasteiger partial charge < -0.3 is 4.74 Å². The van der Waals surface area contributed by atoms with Gasteiger partial charge in [0.05, 0.1) is 22.1 Å². The van der Waals surface area contributed by atoms with Gasteiger partial charge in [0, 0.05) is 17.5 Å². The van der Waals surface area contributed by atoms with Crippen LogP contribution < -0.4 is 5.32 Å². The van der Waals surface area contributed by atoms with Crippen molar-refractivity contribution in [3.05, 3.63) is 50.0 Å². The molecular weight excluding hydrogens is 346 g/mol. The summed E-state index contributed by atoms with van der Waals surface area (Å²) in [5, 5.41) is 14.7. The Morgan fingerprint density at radius 2 is 2.22 bits per heavy atom. The Kier molecular flexibility index (Phi) is 5.24. The van der Waals surface area contributed by atoms with E-state index in [1.807, 2.05) is 0 Å². The summed E-state index contributed by atoms with van der Waals surface area (Å²) in [6.45, 7) is 1.89. The average molecular weight is 356 g/mol. The van der Waals surface area contributed by atoms with Crippen molar-refractivity contribution in [2.75, 3.05) is 11.9 Å². The maximum absolute atomic E-state index is 12.1. The number of nitrogens with one attached hydrogen (secondary N) is 1. The van der Waals surface area contributed by atoms with Crippen LogP contribution in [0.15, 0.2) is 23.6 Å². The van der Waals surface area contributed by atoms with E-state index in [9.17, 15) is 19.7 Å². The van der Waals surface area contributed by atoms with Gasteiger partial charge in [-0.3, -0.25) is 20.2 Å². The number of hydrogen-bond donors (Lipinski definition) is 1. The van der Waals surface area contributed by atoms with Gasteiger partial charge in [0.15, 0.2) is 10.8 Å². The number of rotatable bonds is 5. The molecule has 2 aromatic rings. The predicted octanol–water partition coefficient (Wildman–Crippen LogP) is 3.13. The largest absolute Gasteiger partial charge is 0.461 e. The Labute approximate surface area is 139 Å². The first-order valence-electron chi connectivity index (χ1n) is 6.30. The zero-order chi connectivity index (χ0) is 17.0. The minimum absolute atomic E-state index is 0.0566. The van der Waals surface area contributed by atoms with E-state index < -0.39 is 16.8 Å². The quantitative estimate of drug-likeness (QED) is 0.501. The lowest BCUT2D eigenvalue weighted by Gasteiger charge is -2.04. The highest BCUT2D eigenvalue weighted by Crippen LogP contribution is 2.24. The van der Waals surface area contributed by atoms with Gasteiger partial charge in [0.25, 0.3) is 11.6 Å². The minimum atomic E-state index is -0.611. The highest BCUT2D eigenvalue weighted by atomic mass is 35.5. The van der Waals surface area contributed by atoms with Crippen LogP contribution in [0.4, 0.5) is 10.8 Å². The first-order valence-corrected chi connectivity index (χ1v) is 7.56. The van der Waals surface area contributed by atoms with E-state index in [1.54, 1.807) is 6.92 Å². The van der Waals surface area contributed by atoms with E-state index in [-0.39, 0.29) is 33.7 Å². The fourth-order valence-corrected chi connectivity index (χ4v) is 2.53. The molecule has 1 N–H and O–H groups in total. The highest BCUT2D eigenvalue weighted by Gasteiger charge is 2.17. The number of amides is 1. The zero-order valence-corrected chi connectivity index (χ0v) is 13.3. The average Bonchev–Trinajstić information content (AvgIpc) is 2.95. The van der Waals surface area contributed by atoms with Gasteiger partial charge in [-0.25, -0.2) is 9.78 Å². The number of nitro groups is 1. The molecule has 23 heavy (non-hydrogen) atoms. The second-order valence-corrected chi connectivity index (χ2v) is 5.40. The fraction of sp³-hybridized carbons (Fsp3) is 0.154. The van der Waals surface area contributed by atoms with Gasteiger partial charge in [0.2, 0.25) is 0 Å². The molecule has 0 radical (unpaired) electrons. The van der Waals surface area contributed by atoms with Crippen molar-refractivity contribution in [2.24, 2.45) is 0 Å². The Morgan fingerprint density at radius 3 is 2.83 bits per heavy atom. The third kappa shape index (κ3) is 4.02. The second kappa shape index (κ2) is 7.16. The van der Waals surface area contributed by atoms with E-state index in [4.69, 9.17) is 16.3 Å². The van der Waals surface area contributed by atoms with E-state index >= 15 is 0 Å². The molecule has 1 amide bonds. The minimum Gasteiger partial charge on any atom is -0.461 e. The lowest BCUT2D eigenvalue weighted by molar-refractivity contribution is -0.384. The van der Waals surface area contributed by atoms with Gasteiger partial charge in [-0.2, -0.15) is 0 Å². The number of thiazole rings is 1. The normalized spacial score (nSPS) is 10.2. The van der Waals surface area contributed by atoms with Crippen LogP contribution in [0.5, 0.6) is 0 Å². The Balaban J connectivity index is 2.13. The molecule has 0 aliphatic rings. The molecule has 10 heteroatoms. The molecule has 1 heterocycles. The lowest BCUT2D eigenvalue weighted by atomic mass is 10.2. The maximum atomic E-state index is 12.1. The molecule has 2 rings (SSSR count). The first kappa shape index (κ1) is 16.8. The van der Waals surface area contributed by atoms with E-state index in [0.717, 1.165) is 17.4 Å². The number of carbonyl (C=O) groups excluding carboxylic acids is 2. The van der Waals surface area contributed by atoms with Crippen molar-refractivity contribution < 1.29 is 19.2 Å². The fourth-order valence-electron chi connectivity index (χ4n) is 1.60. The molecule has 0 atom stereocenters. The smallest absolute Gasteiger partial charge is 0.357 e. The molecule has 0 aliphatic heterocycles. The topological polar surface area (TPSA) is 111 Å². The summed E-state index contributed by atoms with van der Waals surface area (Å²) in [6.07, 6.45) is 0. The van der Waals surface area contributed by atoms with Crippen LogP contribution >= 0.6 is 22.9 Å². The molecule has 1 aromatic heterocycles. The molecule has 0 spiro atoms.